The quantitative estimate of drug-likeness (QED) is 0.838. The fourth-order valence-corrected chi connectivity index (χ4v) is 3.18. The van der Waals surface area contributed by atoms with E-state index < -0.39 is 0 Å². The summed E-state index contributed by atoms with van der Waals surface area (Å²) in [5, 5.41) is 3.14. The van der Waals surface area contributed by atoms with Crippen LogP contribution in [0.4, 0.5) is 5.69 Å². The molecule has 3 N–H and O–H groups in total. The van der Waals surface area contributed by atoms with E-state index in [0.29, 0.717) is 17.3 Å². The standard InChI is InChI=1S/C16H25N3O/c1-10(2)19-9-13(17)7-15(19)16(20)18-8-14(11-3-4-11)12-5-6-12/h7,9-12,14H,3-6,8,17H2,1-2H3,(H,18,20). The minimum absolute atomic E-state index is 0.0155. The van der Waals surface area contributed by atoms with Gasteiger partial charge in [-0.1, -0.05) is 0 Å². The third kappa shape index (κ3) is 2.84. The highest BCUT2D eigenvalue weighted by molar-refractivity contribution is 5.93. The van der Waals surface area contributed by atoms with Crippen LogP contribution in [0.3, 0.4) is 0 Å². The Bertz CT molecular complexity index is 486. The van der Waals surface area contributed by atoms with E-state index in [2.05, 4.69) is 19.2 Å². The lowest BCUT2D eigenvalue weighted by Gasteiger charge is -2.17. The van der Waals surface area contributed by atoms with Gasteiger partial charge in [-0.15, -0.1) is 0 Å². The number of anilines is 1. The van der Waals surface area contributed by atoms with Gasteiger partial charge in [-0.05, 0) is 63.4 Å². The molecule has 0 radical (unpaired) electrons. The number of nitrogen functional groups attached to an aromatic ring is 1. The summed E-state index contributed by atoms with van der Waals surface area (Å²) in [6, 6.07) is 2.02. The first kappa shape index (κ1) is 13.5. The number of hydrogen-bond donors (Lipinski definition) is 2. The molecule has 110 valence electrons. The maximum Gasteiger partial charge on any atom is 0.268 e. The van der Waals surface area contributed by atoms with Crippen LogP contribution in [-0.2, 0) is 0 Å². The van der Waals surface area contributed by atoms with Gasteiger partial charge in [-0.25, -0.2) is 0 Å². The smallest absolute Gasteiger partial charge is 0.268 e. The van der Waals surface area contributed by atoms with E-state index in [1.807, 2.05) is 10.8 Å². The molecule has 2 fully saturated rings. The van der Waals surface area contributed by atoms with Crippen molar-refractivity contribution < 1.29 is 4.79 Å². The number of carbonyl (C=O) groups is 1. The summed E-state index contributed by atoms with van der Waals surface area (Å²) in [5.41, 5.74) is 7.17. The molecule has 0 unspecified atom stereocenters. The molecule has 0 atom stereocenters. The van der Waals surface area contributed by atoms with E-state index in [4.69, 9.17) is 5.73 Å². The Morgan fingerprint density at radius 1 is 1.35 bits per heavy atom. The van der Waals surface area contributed by atoms with E-state index in [1.54, 1.807) is 6.07 Å². The molecule has 2 aliphatic carbocycles. The molecule has 1 heterocycles. The van der Waals surface area contributed by atoms with Crippen molar-refractivity contribution >= 4 is 11.6 Å². The van der Waals surface area contributed by atoms with Crippen LogP contribution in [0.5, 0.6) is 0 Å². The summed E-state index contributed by atoms with van der Waals surface area (Å²) in [4.78, 5) is 12.4. The van der Waals surface area contributed by atoms with Crippen LogP contribution in [0.25, 0.3) is 0 Å². The highest BCUT2D eigenvalue weighted by Gasteiger charge is 2.41. The summed E-state index contributed by atoms with van der Waals surface area (Å²) in [7, 11) is 0. The van der Waals surface area contributed by atoms with Gasteiger partial charge >= 0.3 is 0 Å². The highest BCUT2D eigenvalue weighted by Crippen LogP contribution is 2.48. The Morgan fingerprint density at radius 2 is 1.95 bits per heavy atom. The summed E-state index contributed by atoms with van der Waals surface area (Å²) < 4.78 is 1.95. The number of amides is 1. The molecule has 0 bridgehead atoms. The maximum atomic E-state index is 12.4. The van der Waals surface area contributed by atoms with E-state index >= 15 is 0 Å². The van der Waals surface area contributed by atoms with E-state index in [0.717, 1.165) is 18.4 Å². The minimum Gasteiger partial charge on any atom is -0.397 e. The van der Waals surface area contributed by atoms with Gasteiger partial charge in [-0.3, -0.25) is 4.79 Å². The molecule has 20 heavy (non-hydrogen) atoms. The zero-order chi connectivity index (χ0) is 14.3. The second-order valence-electron chi connectivity index (χ2n) is 6.71. The summed E-state index contributed by atoms with van der Waals surface area (Å²) in [5.74, 6) is 2.45. The lowest BCUT2D eigenvalue weighted by molar-refractivity contribution is 0.0932. The third-order valence-electron chi connectivity index (χ3n) is 4.61. The molecule has 4 heteroatoms. The number of aromatic nitrogens is 1. The number of nitrogens with two attached hydrogens (primary N) is 1. The van der Waals surface area contributed by atoms with Crippen LogP contribution in [0.1, 0.15) is 56.1 Å². The normalized spacial score (nSPS) is 18.8. The molecule has 2 aliphatic rings. The van der Waals surface area contributed by atoms with Gasteiger partial charge in [0.2, 0.25) is 0 Å². The Morgan fingerprint density at radius 3 is 2.45 bits per heavy atom. The van der Waals surface area contributed by atoms with Crippen LogP contribution in [0, 0.1) is 17.8 Å². The Hall–Kier alpha value is -1.45. The van der Waals surface area contributed by atoms with Gasteiger partial charge < -0.3 is 15.6 Å². The molecule has 1 aromatic rings. The van der Waals surface area contributed by atoms with E-state index in [-0.39, 0.29) is 11.9 Å². The first-order valence-corrected chi connectivity index (χ1v) is 7.81. The molecular formula is C16H25N3O. The highest BCUT2D eigenvalue weighted by atomic mass is 16.1. The average Bonchev–Trinajstić information content (AvgIpc) is 3.29. The van der Waals surface area contributed by atoms with Crippen molar-refractivity contribution in [1.82, 2.24) is 9.88 Å². The molecular weight excluding hydrogens is 250 g/mol. The monoisotopic (exact) mass is 275 g/mol. The molecule has 0 aromatic carbocycles. The second-order valence-corrected chi connectivity index (χ2v) is 6.71. The van der Waals surface area contributed by atoms with Gasteiger partial charge in [0, 0.05) is 18.8 Å². The van der Waals surface area contributed by atoms with Crippen LogP contribution >= 0.6 is 0 Å². The molecule has 3 rings (SSSR count). The third-order valence-corrected chi connectivity index (χ3v) is 4.61. The number of nitrogens with one attached hydrogen (secondary N) is 1. The van der Waals surface area contributed by atoms with E-state index in [1.165, 1.54) is 25.7 Å². The van der Waals surface area contributed by atoms with Crippen molar-refractivity contribution in [3.8, 4) is 0 Å². The largest absolute Gasteiger partial charge is 0.397 e. The van der Waals surface area contributed by atoms with E-state index in [9.17, 15) is 4.79 Å². The molecule has 1 aromatic heterocycles. The predicted octanol–water partition coefficient (Wildman–Crippen LogP) is 2.82. The van der Waals surface area contributed by atoms with Crippen LogP contribution in [0.2, 0.25) is 0 Å². The molecule has 0 spiro atoms. The Labute approximate surface area is 120 Å². The van der Waals surface area contributed by atoms with Crippen molar-refractivity contribution in [3.05, 3.63) is 18.0 Å². The van der Waals surface area contributed by atoms with Crippen molar-refractivity contribution in [2.75, 3.05) is 12.3 Å². The fourth-order valence-electron chi connectivity index (χ4n) is 3.18. The van der Waals surface area contributed by atoms with Gasteiger partial charge in [-0.2, -0.15) is 0 Å². The first-order chi connectivity index (χ1) is 9.56. The lowest BCUT2D eigenvalue weighted by atomic mass is 9.98. The summed E-state index contributed by atoms with van der Waals surface area (Å²) in [6.45, 7) is 4.96. The predicted molar refractivity (Wildman–Crippen MR) is 80.5 cm³/mol. The number of carbonyl (C=O) groups excluding carboxylic acids is 1. The molecule has 0 saturated heterocycles. The number of hydrogen-bond acceptors (Lipinski definition) is 2. The van der Waals surface area contributed by atoms with Crippen molar-refractivity contribution in [3.63, 3.8) is 0 Å². The topological polar surface area (TPSA) is 60.0 Å². The SMILES string of the molecule is CC(C)n1cc(N)cc1C(=O)NCC(C1CC1)C1CC1. The molecule has 1 amide bonds. The Kier molecular flexibility index (Phi) is 3.48. The Balaban J connectivity index is 1.63. The van der Waals surface area contributed by atoms with Crippen molar-refractivity contribution in [2.45, 2.75) is 45.6 Å². The van der Waals surface area contributed by atoms with Gasteiger partial charge in [0.05, 0.1) is 5.69 Å². The van der Waals surface area contributed by atoms with Crippen LogP contribution in [-0.4, -0.2) is 17.0 Å². The van der Waals surface area contributed by atoms with Crippen LogP contribution in [0.15, 0.2) is 12.3 Å². The maximum absolute atomic E-state index is 12.4. The average molecular weight is 275 g/mol. The zero-order valence-corrected chi connectivity index (χ0v) is 12.4. The summed E-state index contributed by atoms with van der Waals surface area (Å²) >= 11 is 0. The van der Waals surface area contributed by atoms with Crippen LogP contribution < -0.4 is 11.1 Å². The fraction of sp³-hybridized carbons (Fsp3) is 0.688. The number of rotatable bonds is 6. The van der Waals surface area contributed by atoms with Gasteiger partial charge in [0.25, 0.3) is 5.91 Å². The zero-order valence-electron chi connectivity index (χ0n) is 12.4. The van der Waals surface area contributed by atoms with Gasteiger partial charge in [0.15, 0.2) is 0 Å². The molecule has 4 nitrogen and oxygen atoms in total. The molecule has 0 aliphatic heterocycles. The molecule has 2 saturated carbocycles. The number of nitrogens with zero attached hydrogens (tertiary/aromatic N) is 1. The minimum atomic E-state index is 0.0155. The first-order valence-electron chi connectivity index (χ1n) is 7.81. The second kappa shape index (κ2) is 5.15. The van der Waals surface area contributed by atoms with Crippen molar-refractivity contribution in [1.29, 1.82) is 0 Å². The lowest BCUT2D eigenvalue weighted by Crippen LogP contribution is -2.32. The van der Waals surface area contributed by atoms with Crippen molar-refractivity contribution in [2.24, 2.45) is 17.8 Å². The van der Waals surface area contributed by atoms with Gasteiger partial charge in [0.1, 0.15) is 5.69 Å². The summed E-state index contributed by atoms with van der Waals surface area (Å²) in [6.07, 6.45) is 7.26.